The van der Waals surface area contributed by atoms with Gasteiger partial charge in [0.2, 0.25) is 17.3 Å². The number of hydrogen-bond acceptors (Lipinski definition) is 19. The summed E-state index contributed by atoms with van der Waals surface area (Å²) >= 11 is 0. The largest absolute Gasteiger partial charge is 0.354 e. The summed E-state index contributed by atoms with van der Waals surface area (Å²) in [4.78, 5) is 127. The lowest BCUT2D eigenvalue weighted by Crippen LogP contribution is -2.38. The maximum atomic E-state index is 12.5. The first-order valence-electron chi connectivity index (χ1n) is 42.5. The van der Waals surface area contributed by atoms with E-state index in [9.17, 15) is 84.5 Å². The number of amides is 7. The third-order valence-electron chi connectivity index (χ3n) is 24.1. The Balaban J connectivity index is 0.000000220. The predicted molar refractivity (Wildman–Crippen MR) is 478 cm³/mol. The second-order valence-electron chi connectivity index (χ2n) is 34.4. The molecule has 7 aliphatic rings. The second-order valence-corrected chi connectivity index (χ2v) is 37.3. The van der Waals surface area contributed by atoms with Gasteiger partial charge in [-0.1, -0.05) is 106 Å². The van der Waals surface area contributed by atoms with Crippen LogP contribution in [0.5, 0.6) is 0 Å². The Bertz CT molecular complexity index is 5780. The molecule has 0 atom stereocenters. The summed E-state index contributed by atoms with van der Waals surface area (Å²) < 4.78 is 72.9. The summed E-state index contributed by atoms with van der Waals surface area (Å²) in [6, 6.07) is 35.8. The molecule has 3 N–H and O–H groups in total. The zero-order valence-electron chi connectivity index (χ0n) is 73.1. The van der Waals surface area contributed by atoms with Crippen molar-refractivity contribution < 1.29 is 88.1 Å². The average Bonchev–Trinajstić information content (AvgIpc) is 1.60. The third-order valence-corrected chi connectivity index (χ3v) is 25.8. The third kappa shape index (κ3) is 21.6. The molecule has 0 bridgehead atoms. The van der Waals surface area contributed by atoms with Crippen LogP contribution in [0.4, 0.5) is 34.1 Å². The van der Waals surface area contributed by atoms with E-state index in [1.807, 2.05) is 65.0 Å². The van der Waals surface area contributed by atoms with Crippen molar-refractivity contribution in [3.05, 3.63) is 258 Å². The number of hydrogen-bond donors (Lipinski definition) is 3. The molecule has 6 aromatic carbocycles. The molecule has 1 saturated heterocycles. The van der Waals surface area contributed by atoms with Gasteiger partial charge in [0.25, 0.3) is 67.1 Å². The molecule has 7 aliphatic heterocycles. The van der Waals surface area contributed by atoms with E-state index >= 15 is 0 Å². The highest BCUT2D eigenvalue weighted by atomic mass is 32.2. The summed E-state index contributed by atoms with van der Waals surface area (Å²) in [6.45, 7) is 26.6. The van der Waals surface area contributed by atoms with Crippen LogP contribution >= 0.6 is 0 Å². The number of nitro benzene ring substituents is 2. The fourth-order valence-corrected chi connectivity index (χ4v) is 18.3. The van der Waals surface area contributed by atoms with E-state index < -0.39 is 58.7 Å². The zero-order valence-corrected chi connectivity index (χ0v) is 74.7. The van der Waals surface area contributed by atoms with E-state index in [1.165, 1.54) is 81.8 Å². The molecule has 0 spiro atoms. The smallest absolute Gasteiger partial charge is 0.333 e. The molecule has 1 fully saturated rings. The fraction of sp³-hybridized carbons (Fsp3) is 0.389. The van der Waals surface area contributed by atoms with Crippen LogP contribution in [0.2, 0.25) is 0 Å². The van der Waals surface area contributed by atoms with E-state index in [-0.39, 0.29) is 93.9 Å². The monoisotopic (exact) mass is 1760 g/mol. The molecular formula is C95H110N10O19S2+2. The van der Waals surface area contributed by atoms with Gasteiger partial charge in [-0.25, -0.2) is 4.79 Å². The van der Waals surface area contributed by atoms with Gasteiger partial charge in [-0.05, 0) is 170 Å². The molecule has 0 unspecified atom stereocenters. The number of unbranched alkanes of at least 4 members (excludes halogenated alkanes) is 4. The molecule has 126 heavy (non-hydrogen) atoms. The molecule has 29 nitrogen and oxygen atoms in total. The lowest BCUT2D eigenvalue weighted by atomic mass is 9.81. The number of rotatable bonds is 34. The summed E-state index contributed by atoms with van der Waals surface area (Å²) in [5.41, 5.74) is 14.7. The van der Waals surface area contributed by atoms with Crippen molar-refractivity contribution in [3.63, 3.8) is 0 Å². The van der Waals surface area contributed by atoms with Crippen LogP contribution in [0.1, 0.15) is 190 Å². The standard InChI is InChI=1S/C45H51N5O8S.C43H48N4O9S.C7H9NO2/c1-31-15-21-37-35(29-31)44(2,3)39(48(37)27-10-11-32-16-18-33(19-17-32)50(54)55)12-9-13-40-45(4,5)36-30-34(59(56,57)58)20-22-38(36)47(40)26-8-6-7-14-41(51)46-25-28-49-42(52)23-24-43(49)53;1-29-15-21-35-33(27-29)42(2,3)37(45(35)26-10-11-30-16-18-31(19-17-30)47(51)52)12-9-13-38-43(4,5)34-28-32(57(53,54)55)20-22-36(34)44(38)25-8-6-7-14-41(50)56-46-39(48)23-24-40(46)49;1-2-5-8-6(9)3-4-7(8)10/h9,12-13,15-24,29-30H,6-8,10-11,14,25-28H2,1-5H3,(H-,46,51,56,57,58);9,12-13,15-22,27-28H,6-8,10-11,14,23-26H2,1-5H3;3-4H,2,5H2,1H3/p+2. The van der Waals surface area contributed by atoms with Gasteiger partial charge in [-0.3, -0.25) is 72.7 Å². The van der Waals surface area contributed by atoms with Gasteiger partial charge >= 0.3 is 5.97 Å². The average molecular weight is 1760 g/mol. The first kappa shape index (κ1) is 94.4. The van der Waals surface area contributed by atoms with Gasteiger partial charge in [0, 0.05) is 189 Å². The predicted octanol–water partition coefficient (Wildman–Crippen LogP) is 14.9. The van der Waals surface area contributed by atoms with Crippen LogP contribution in [0, 0.1) is 34.1 Å². The number of nitrogens with one attached hydrogen (secondary N) is 1. The van der Waals surface area contributed by atoms with E-state index in [2.05, 4.69) is 133 Å². The molecule has 664 valence electrons. The Morgan fingerprint density at radius 3 is 1.27 bits per heavy atom. The number of anilines is 2. The number of carbonyl (C=O) groups excluding carboxylic acids is 8. The van der Waals surface area contributed by atoms with Gasteiger partial charge in [-0.2, -0.15) is 26.0 Å². The van der Waals surface area contributed by atoms with E-state index in [1.54, 1.807) is 30.3 Å². The van der Waals surface area contributed by atoms with Gasteiger partial charge in [0.05, 0.1) is 30.5 Å². The summed E-state index contributed by atoms with van der Waals surface area (Å²) in [6.07, 6.45) is 25.9. The van der Waals surface area contributed by atoms with Crippen molar-refractivity contribution in [2.24, 2.45) is 0 Å². The van der Waals surface area contributed by atoms with Crippen LogP contribution in [-0.4, -0.2) is 164 Å². The minimum absolute atomic E-state index is 0.0331. The van der Waals surface area contributed by atoms with E-state index in [4.69, 9.17) is 4.84 Å². The molecule has 6 aromatic rings. The highest BCUT2D eigenvalue weighted by molar-refractivity contribution is 7.86. The van der Waals surface area contributed by atoms with Gasteiger partial charge in [-0.15, -0.1) is 5.06 Å². The lowest BCUT2D eigenvalue weighted by molar-refractivity contribution is -0.438. The highest BCUT2D eigenvalue weighted by Gasteiger charge is 2.48. The van der Waals surface area contributed by atoms with Crippen LogP contribution < -0.4 is 15.1 Å². The number of nitrogens with zero attached hydrogens (tertiary/aromatic N) is 9. The van der Waals surface area contributed by atoms with Gasteiger partial charge < -0.3 is 20.0 Å². The van der Waals surface area contributed by atoms with Crippen molar-refractivity contribution >= 4 is 113 Å². The first-order chi connectivity index (χ1) is 59.5. The van der Waals surface area contributed by atoms with Gasteiger partial charge in [0.1, 0.15) is 13.1 Å². The SMILES string of the molecule is CCCN1C(=O)C=CC1=O.Cc1ccc2c(c1)C(C)(C)C(=CC=CC1=[N+](CCCCCC(=O)NCCN3C(=O)C=CC3=O)c3ccc(S(=O)(=O)O)cc3C1(C)C)N2CCCc1ccc([N+](=O)[O-])cc1.Cc1ccc2c(c1)C(C)(C)C(=CC=CC1=[N+](CCCCCC(=O)ON3C(=O)CCC3=O)c3ccc(S(=O)(=O)O)cc3C1(C)C)N2CCCc1ccc([N+](=O)[O-])cc1. The Kier molecular flexibility index (Phi) is 29.6. The molecule has 0 radical (unpaired) electrons. The summed E-state index contributed by atoms with van der Waals surface area (Å²) in [5, 5.41) is 25.6. The Morgan fingerprint density at radius 2 is 0.881 bits per heavy atom. The number of fused-ring (bicyclic) bond motifs is 4. The number of carbonyl (C=O) groups is 8. The number of aryl methyl sites for hydroxylation is 4. The molecule has 7 heterocycles. The number of benzene rings is 6. The second kappa shape index (κ2) is 39.5. The van der Waals surface area contributed by atoms with E-state index in [0.717, 1.165) is 131 Å². The Labute approximate surface area is 735 Å². The number of allylic oxidation sites excluding steroid dienone is 8. The molecular weight excluding hydrogens is 1650 g/mol. The van der Waals surface area contributed by atoms with Crippen LogP contribution in [-0.2, 0) is 97.9 Å². The van der Waals surface area contributed by atoms with Crippen LogP contribution in [0.3, 0.4) is 0 Å². The maximum absolute atomic E-state index is 12.5. The Morgan fingerprint density at radius 1 is 0.484 bits per heavy atom. The molecule has 7 amide bonds. The lowest BCUT2D eigenvalue weighted by Gasteiger charge is -2.27. The quantitative estimate of drug-likeness (QED) is 0.00843. The van der Waals surface area contributed by atoms with Crippen molar-refractivity contribution in [1.82, 2.24) is 20.2 Å². The molecule has 0 aliphatic carbocycles. The minimum Gasteiger partial charge on any atom is -0.354 e. The highest BCUT2D eigenvalue weighted by Crippen LogP contribution is 2.51. The minimum atomic E-state index is -4.44. The van der Waals surface area contributed by atoms with Crippen molar-refractivity contribution in [2.45, 2.75) is 204 Å². The van der Waals surface area contributed by atoms with Crippen molar-refractivity contribution in [1.29, 1.82) is 0 Å². The van der Waals surface area contributed by atoms with Crippen molar-refractivity contribution in [2.75, 3.05) is 55.6 Å². The topological polar surface area (TPSA) is 375 Å². The fourth-order valence-electron chi connectivity index (χ4n) is 17.3. The zero-order chi connectivity index (χ0) is 91.5. The molecule has 31 heteroatoms. The van der Waals surface area contributed by atoms with Crippen LogP contribution in [0.25, 0.3) is 0 Å². The van der Waals surface area contributed by atoms with Gasteiger partial charge in [0.15, 0.2) is 11.4 Å². The summed E-state index contributed by atoms with van der Waals surface area (Å²) in [5.74, 6) is -2.97. The first-order valence-corrected chi connectivity index (χ1v) is 45.4. The maximum Gasteiger partial charge on any atom is 0.333 e. The number of hydroxylamine groups is 2. The number of non-ortho nitro benzene ring substituents is 2. The number of nitro groups is 2. The molecule has 0 aromatic heterocycles. The normalized spacial score (nSPS) is 17.6. The molecule has 13 rings (SSSR count). The van der Waals surface area contributed by atoms with E-state index in [0.29, 0.717) is 56.8 Å². The number of imide groups is 3. The Hall–Kier alpha value is -12.3. The van der Waals surface area contributed by atoms with Crippen molar-refractivity contribution in [3.8, 4) is 0 Å². The molecule has 0 saturated carbocycles. The van der Waals surface area contributed by atoms with Crippen LogP contribution in [0.15, 0.2) is 203 Å². The summed E-state index contributed by atoms with van der Waals surface area (Å²) in [7, 11) is -8.87.